The molecule has 2 nitrogen and oxygen atoms in total. The zero-order valence-corrected chi connectivity index (χ0v) is 15.8. The Labute approximate surface area is 135 Å². The molecule has 0 unspecified atom stereocenters. The topological polar surface area (TPSA) is 21.3 Å². The van der Waals surface area contributed by atoms with E-state index in [0.29, 0.717) is 17.0 Å². The molecule has 0 radical (unpaired) electrons. The number of rotatable bonds is 13. The fourth-order valence-electron chi connectivity index (χ4n) is 2.57. The zero-order chi connectivity index (χ0) is 15.4. The molecular weight excluding hydrogens is 314 g/mol. The predicted octanol–water partition coefficient (Wildman–Crippen LogP) is 5.15. The molecule has 0 aromatic heterocycles. The maximum absolute atomic E-state index is 6.43. The van der Waals surface area contributed by atoms with Gasteiger partial charge in [-0.2, -0.15) is 0 Å². The summed E-state index contributed by atoms with van der Waals surface area (Å²) in [6.45, 7) is 10.1. The Balaban J connectivity index is 4.25. The van der Waals surface area contributed by atoms with E-state index in [2.05, 4.69) is 48.9 Å². The highest BCUT2D eigenvalue weighted by atomic mass is 79.9. The molecule has 0 spiro atoms. The van der Waals surface area contributed by atoms with E-state index in [4.69, 9.17) is 4.74 Å². The van der Waals surface area contributed by atoms with Gasteiger partial charge in [-0.25, -0.2) is 0 Å². The van der Waals surface area contributed by atoms with E-state index in [0.717, 1.165) is 18.9 Å². The first kappa shape index (κ1) is 20.4. The minimum atomic E-state index is 0.420. The van der Waals surface area contributed by atoms with Crippen molar-refractivity contribution in [3.63, 3.8) is 0 Å². The molecule has 20 heavy (non-hydrogen) atoms. The first-order valence-corrected chi connectivity index (χ1v) is 9.35. The largest absolute Gasteiger partial charge is 0.375 e. The van der Waals surface area contributed by atoms with E-state index in [1.807, 2.05) is 7.05 Å². The number of alkyl halides is 1. The van der Waals surface area contributed by atoms with Crippen molar-refractivity contribution in [3.05, 3.63) is 0 Å². The van der Waals surface area contributed by atoms with Crippen molar-refractivity contribution in [1.29, 1.82) is 0 Å². The quantitative estimate of drug-likeness (QED) is 0.464. The highest BCUT2D eigenvalue weighted by molar-refractivity contribution is 9.09. The van der Waals surface area contributed by atoms with Crippen molar-refractivity contribution in [2.24, 2.45) is 5.92 Å². The summed E-state index contributed by atoms with van der Waals surface area (Å²) in [6, 6.07) is 0. The molecule has 3 atom stereocenters. The van der Waals surface area contributed by atoms with Crippen LogP contribution in [0.15, 0.2) is 0 Å². The van der Waals surface area contributed by atoms with Crippen LogP contribution in [0.1, 0.15) is 72.6 Å². The molecule has 122 valence electrons. The van der Waals surface area contributed by atoms with Crippen LogP contribution >= 0.6 is 15.9 Å². The van der Waals surface area contributed by atoms with Crippen LogP contribution < -0.4 is 5.32 Å². The van der Waals surface area contributed by atoms with E-state index in [9.17, 15) is 0 Å². The third-order valence-corrected chi connectivity index (χ3v) is 4.03. The maximum Gasteiger partial charge on any atom is 0.0591 e. The number of hydrogen-bond acceptors (Lipinski definition) is 2. The molecule has 0 aromatic carbocycles. The van der Waals surface area contributed by atoms with Crippen LogP contribution in [0.5, 0.6) is 0 Å². The van der Waals surface area contributed by atoms with E-state index >= 15 is 0 Å². The van der Waals surface area contributed by atoms with E-state index in [-0.39, 0.29) is 0 Å². The van der Waals surface area contributed by atoms with Crippen LogP contribution in [0.4, 0.5) is 0 Å². The van der Waals surface area contributed by atoms with Gasteiger partial charge in [0.1, 0.15) is 0 Å². The lowest BCUT2D eigenvalue weighted by atomic mass is 10.0. The standard InChI is InChI=1S/C17H36BrNO/c1-6-8-17(13-14(2)3)20-16(11-12-19-5)10-7-9-15(4)18/h14-17,19H,6-13H2,1-5H3/t15-,16+,17+/m1/s1. The SMILES string of the molecule is CCC[C@@H](CC(C)C)O[C@@H](CCC[C@@H](C)Br)CCNC. The Kier molecular flexibility index (Phi) is 13.4. The van der Waals surface area contributed by atoms with Crippen LogP contribution in [-0.4, -0.2) is 30.6 Å². The van der Waals surface area contributed by atoms with Gasteiger partial charge in [0.25, 0.3) is 0 Å². The van der Waals surface area contributed by atoms with E-state index in [1.54, 1.807) is 0 Å². The highest BCUT2D eigenvalue weighted by Crippen LogP contribution is 2.20. The molecule has 0 saturated heterocycles. The zero-order valence-electron chi connectivity index (χ0n) is 14.3. The van der Waals surface area contributed by atoms with Crippen LogP contribution in [0.25, 0.3) is 0 Å². The Morgan fingerprint density at radius 1 is 1.00 bits per heavy atom. The molecule has 0 aliphatic carbocycles. The summed E-state index contributed by atoms with van der Waals surface area (Å²) in [6.07, 6.45) is 9.29. The van der Waals surface area contributed by atoms with Gasteiger partial charge in [-0.1, -0.05) is 50.0 Å². The monoisotopic (exact) mass is 349 g/mol. The summed E-state index contributed by atoms with van der Waals surface area (Å²) >= 11 is 3.63. The lowest BCUT2D eigenvalue weighted by Crippen LogP contribution is -2.27. The second-order valence-electron chi connectivity index (χ2n) is 6.40. The highest BCUT2D eigenvalue weighted by Gasteiger charge is 2.17. The Hall–Kier alpha value is 0.400. The summed E-state index contributed by atoms with van der Waals surface area (Å²) in [5.41, 5.74) is 0. The predicted molar refractivity (Wildman–Crippen MR) is 93.8 cm³/mol. The summed E-state index contributed by atoms with van der Waals surface area (Å²) in [5.74, 6) is 0.721. The van der Waals surface area contributed by atoms with E-state index < -0.39 is 0 Å². The first-order valence-electron chi connectivity index (χ1n) is 8.43. The van der Waals surface area contributed by atoms with Crippen LogP contribution in [0.2, 0.25) is 0 Å². The molecule has 0 aromatic rings. The molecule has 0 aliphatic heterocycles. The number of nitrogens with one attached hydrogen (secondary N) is 1. The lowest BCUT2D eigenvalue weighted by molar-refractivity contribution is -0.0342. The first-order chi connectivity index (χ1) is 9.49. The van der Waals surface area contributed by atoms with Gasteiger partial charge in [0.15, 0.2) is 0 Å². The van der Waals surface area contributed by atoms with Crippen molar-refractivity contribution in [2.75, 3.05) is 13.6 Å². The second kappa shape index (κ2) is 13.1. The van der Waals surface area contributed by atoms with Gasteiger partial charge in [-0.15, -0.1) is 0 Å². The number of halogens is 1. The summed E-state index contributed by atoms with van der Waals surface area (Å²) in [7, 11) is 2.02. The van der Waals surface area contributed by atoms with Gasteiger partial charge in [0, 0.05) is 4.83 Å². The molecule has 0 bridgehead atoms. The van der Waals surface area contributed by atoms with Crippen molar-refractivity contribution in [2.45, 2.75) is 89.7 Å². The molecule has 0 aliphatic rings. The summed E-state index contributed by atoms with van der Waals surface area (Å²) in [5, 5.41) is 3.25. The van der Waals surface area contributed by atoms with Crippen LogP contribution in [-0.2, 0) is 4.74 Å². The maximum atomic E-state index is 6.43. The van der Waals surface area contributed by atoms with Crippen molar-refractivity contribution < 1.29 is 4.74 Å². The van der Waals surface area contributed by atoms with Gasteiger partial charge >= 0.3 is 0 Å². The average Bonchev–Trinajstić information content (AvgIpc) is 2.34. The fraction of sp³-hybridized carbons (Fsp3) is 1.00. The number of ether oxygens (including phenoxy) is 1. The Morgan fingerprint density at radius 2 is 1.70 bits per heavy atom. The minimum absolute atomic E-state index is 0.420. The van der Waals surface area contributed by atoms with Gasteiger partial charge < -0.3 is 10.1 Å². The van der Waals surface area contributed by atoms with Gasteiger partial charge in [0.2, 0.25) is 0 Å². The van der Waals surface area contributed by atoms with Gasteiger partial charge in [-0.05, 0) is 58.0 Å². The fourth-order valence-corrected chi connectivity index (χ4v) is 2.90. The van der Waals surface area contributed by atoms with Gasteiger partial charge in [-0.3, -0.25) is 0 Å². The van der Waals surface area contributed by atoms with Gasteiger partial charge in [0.05, 0.1) is 12.2 Å². The molecule has 0 fully saturated rings. The van der Waals surface area contributed by atoms with Crippen molar-refractivity contribution >= 4 is 15.9 Å². The molecular formula is C17H36BrNO. The Morgan fingerprint density at radius 3 is 2.20 bits per heavy atom. The second-order valence-corrected chi connectivity index (χ2v) is 7.97. The summed E-state index contributed by atoms with van der Waals surface area (Å²) in [4.78, 5) is 0.620. The van der Waals surface area contributed by atoms with Crippen molar-refractivity contribution in [1.82, 2.24) is 5.32 Å². The van der Waals surface area contributed by atoms with Crippen LogP contribution in [0.3, 0.4) is 0 Å². The minimum Gasteiger partial charge on any atom is -0.375 e. The normalized spacial score (nSPS) is 16.4. The third kappa shape index (κ3) is 12.2. The third-order valence-electron chi connectivity index (χ3n) is 3.57. The number of hydrogen-bond donors (Lipinski definition) is 1. The molecule has 0 rings (SSSR count). The lowest BCUT2D eigenvalue weighted by Gasteiger charge is -2.26. The Bertz CT molecular complexity index is 209. The molecule has 3 heteroatoms. The van der Waals surface area contributed by atoms with E-state index in [1.165, 1.54) is 38.5 Å². The molecule has 1 N–H and O–H groups in total. The van der Waals surface area contributed by atoms with Crippen molar-refractivity contribution in [3.8, 4) is 0 Å². The molecule has 0 saturated carbocycles. The average molecular weight is 350 g/mol. The smallest absolute Gasteiger partial charge is 0.0591 e. The molecule has 0 heterocycles. The van der Waals surface area contributed by atoms with Crippen LogP contribution in [0, 0.1) is 5.92 Å². The molecule has 0 amide bonds. The summed E-state index contributed by atoms with van der Waals surface area (Å²) < 4.78 is 6.43.